The lowest BCUT2D eigenvalue weighted by molar-refractivity contribution is 0.373. The van der Waals surface area contributed by atoms with Crippen LogP contribution in [0, 0.1) is 6.20 Å². The lowest BCUT2D eigenvalue weighted by atomic mass is 10.6. The van der Waals surface area contributed by atoms with Gasteiger partial charge < -0.3 is 4.90 Å². The number of rotatable bonds is 3. The second-order valence-electron chi connectivity index (χ2n) is 2.51. The average molecular weight is 138 g/mol. The van der Waals surface area contributed by atoms with E-state index in [-0.39, 0.29) is 0 Å². The molecule has 1 aromatic rings. The molecule has 0 aliphatic heterocycles. The number of likely N-dealkylation sites (N-methyl/N-ethyl adjacent to an activating group) is 1. The highest BCUT2D eigenvalue weighted by Crippen LogP contribution is 1.84. The molecule has 0 amide bonds. The number of nitrogens with zero attached hydrogens (tertiary/aromatic N) is 3. The summed E-state index contributed by atoms with van der Waals surface area (Å²) in [6.07, 6.45) is 4.67. The lowest BCUT2D eigenvalue weighted by Crippen LogP contribution is -2.18. The molecule has 10 heavy (non-hydrogen) atoms. The van der Waals surface area contributed by atoms with E-state index < -0.39 is 0 Å². The SMILES string of the molecule is CN(C)CCn1cc[c]n1. The van der Waals surface area contributed by atoms with Crippen molar-refractivity contribution in [1.82, 2.24) is 14.7 Å². The topological polar surface area (TPSA) is 21.1 Å². The molecule has 1 rings (SSSR count). The van der Waals surface area contributed by atoms with E-state index in [4.69, 9.17) is 0 Å². The first kappa shape index (κ1) is 7.28. The zero-order chi connectivity index (χ0) is 7.40. The Morgan fingerprint density at radius 1 is 1.60 bits per heavy atom. The maximum absolute atomic E-state index is 3.95. The van der Waals surface area contributed by atoms with Crippen LogP contribution in [0.25, 0.3) is 0 Å². The van der Waals surface area contributed by atoms with Crippen molar-refractivity contribution in [3.8, 4) is 0 Å². The summed E-state index contributed by atoms with van der Waals surface area (Å²) >= 11 is 0. The fraction of sp³-hybridized carbons (Fsp3) is 0.571. The van der Waals surface area contributed by atoms with Gasteiger partial charge in [-0.15, -0.1) is 0 Å². The Hall–Kier alpha value is -0.830. The summed E-state index contributed by atoms with van der Waals surface area (Å²) in [6, 6.07) is 1.82. The largest absolute Gasteiger partial charge is 0.308 e. The molecule has 0 aliphatic carbocycles. The predicted molar refractivity (Wildman–Crippen MR) is 39.6 cm³/mol. The van der Waals surface area contributed by atoms with Crippen molar-refractivity contribution in [2.24, 2.45) is 0 Å². The van der Waals surface area contributed by atoms with Crippen LogP contribution < -0.4 is 0 Å². The third-order valence-corrected chi connectivity index (χ3v) is 1.28. The highest BCUT2D eigenvalue weighted by molar-refractivity contribution is 4.75. The van der Waals surface area contributed by atoms with Crippen LogP contribution in [0.5, 0.6) is 0 Å². The van der Waals surface area contributed by atoms with Gasteiger partial charge in [-0.1, -0.05) is 0 Å². The predicted octanol–water partition coefficient (Wildman–Crippen LogP) is 0.245. The molecule has 3 heteroatoms. The van der Waals surface area contributed by atoms with Gasteiger partial charge in [-0.25, -0.2) is 0 Å². The lowest BCUT2D eigenvalue weighted by Gasteiger charge is -2.08. The molecule has 0 saturated heterocycles. The van der Waals surface area contributed by atoms with Gasteiger partial charge in [0, 0.05) is 12.7 Å². The highest BCUT2D eigenvalue weighted by Gasteiger charge is 1.90. The molecule has 3 nitrogen and oxygen atoms in total. The van der Waals surface area contributed by atoms with Gasteiger partial charge in [0.05, 0.1) is 6.54 Å². The molecule has 0 aliphatic rings. The first-order valence-corrected chi connectivity index (χ1v) is 3.33. The molecule has 55 valence electrons. The van der Waals surface area contributed by atoms with Crippen molar-refractivity contribution < 1.29 is 0 Å². The van der Waals surface area contributed by atoms with Crippen molar-refractivity contribution in [1.29, 1.82) is 0 Å². The second kappa shape index (κ2) is 3.37. The summed E-state index contributed by atoms with van der Waals surface area (Å²) in [5, 5.41) is 3.95. The van der Waals surface area contributed by atoms with E-state index in [0.717, 1.165) is 13.1 Å². The van der Waals surface area contributed by atoms with E-state index in [1.807, 2.05) is 31.0 Å². The molecule has 0 saturated carbocycles. The van der Waals surface area contributed by atoms with E-state index in [0.29, 0.717) is 0 Å². The Morgan fingerprint density at radius 2 is 2.40 bits per heavy atom. The summed E-state index contributed by atoms with van der Waals surface area (Å²) in [5.41, 5.74) is 0. The summed E-state index contributed by atoms with van der Waals surface area (Å²) in [7, 11) is 4.10. The minimum absolute atomic E-state index is 0.941. The van der Waals surface area contributed by atoms with Gasteiger partial charge in [0.15, 0.2) is 0 Å². The molecule has 0 spiro atoms. The third kappa shape index (κ3) is 2.19. The quantitative estimate of drug-likeness (QED) is 0.596. The van der Waals surface area contributed by atoms with Crippen molar-refractivity contribution in [2.45, 2.75) is 6.54 Å². The van der Waals surface area contributed by atoms with E-state index in [2.05, 4.69) is 16.2 Å². The van der Waals surface area contributed by atoms with E-state index >= 15 is 0 Å². The normalized spacial score (nSPS) is 10.7. The van der Waals surface area contributed by atoms with Crippen LogP contribution in [0.3, 0.4) is 0 Å². The molecule has 1 heterocycles. The second-order valence-corrected chi connectivity index (χ2v) is 2.51. The molecule has 1 aromatic heterocycles. The molecule has 0 bridgehead atoms. The smallest absolute Gasteiger partial charge is 0.113 e. The number of hydrogen-bond donors (Lipinski definition) is 0. The monoisotopic (exact) mass is 138 g/mol. The zero-order valence-corrected chi connectivity index (χ0v) is 6.41. The van der Waals surface area contributed by atoms with Crippen LogP contribution >= 0.6 is 0 Å². The molecule has 0 aromatic carbocycles. The van der Waals surface area contributed by atoms with Gasteiger partial charge in [-0.05, 0) is 20.2 Å². The standard InChI is InChI=1S/C7H12N3/c1-9(2)6-7-10-5-3-4-8-10/h3,5H,6-7H2,1-2H3. The fourth-order valence-corrected chi connectivity index (χ4v) is 0.687. The summed E-state index contributed by atoms with van der Waals surface area (Å²) in [5.74, 6) is 0. The van der Waals surface area contributed by atoms with Crippen LogP contribution in [0.1, 0.15) is 0 Å². The van der Waals surface area contributed by atoms with Crippen LogP contribution in [0.15, 0.2) is 12.3 Å². The Balaban J connectivity index is 2.28. The Kier molecular flexibility index (Phi) is 2.45. The third-order valence-electron chi connectivity index (χ3n) is 1.28. The molecule has 0 fully saturated rings. The van der Waals surface area contributed by atoms with Crippen molar-refractivity contribution in [3.05, 3.63) is 18.5 Å². The summed E-state index contributed by atoms with van der Waals surface area (Å²) < 4.78 is 1.88. The number of hydrogen-bond acceptors (Lipinski definition) is 2. The Morgan fingerprint density at radius 3 is 2.90 bits per heavy atom. The minimum Gasteiger partial charge on any atom is -0.308 e. The van der Waals surface area contributed by atoms with Gasteiger partial charge in [-0.2, -0.15) is 5.10 Å². The molecule has 0 N–H and O–H groups in total. The van der Waals surface area contributed by atoms with E-state index in [1.165, 1.54) is 0 Å². The van der Waals surface area contributed by atoms with Crippen molar-refractivity contribution >= 4 is 0 Å². The first-order chi connectivity index (χ1) is 4.79. The summed E-state index contributed by atoms with van der Waals surface area (Å²) in [4.78, 5) is 2.13. The maximum Gasteiger partial charge on any atom is 0.113 e. The van der Waals surface area contributed by atoms with Gasteiger partial charge >= 0.3 is 0 Å². The van der Waals surface area contributed by atoms with E-state index in [9.17, 15) is 0 Å². The van der Waals surface area contributed by atoms with Gasteiger partial charge in [-0.3, -0.25) is 4.68 Å². The first-order valence-electron chi connectivity index (χ1n) is 3.33. The number of aromatic nitrogens is 2. The fourth-order valence-electron chi connectivity index (χ4n) is 0.687. The van der Waals surface area contributed by atoms with Crippen LogP contribution in [-0.2, 0) is 6.54 Å². The van der Waals surface area contributed by atoms with Crippen molar-refractivity contribution in [2.75, 3.05) is 20.6 Å². The molecule has 0 atom stereocenters. The van der Waals surface area contributed by atoms with Gasteiger partial charge in [0.25, 0.3) is 0 Å². The van der Waals surface area contributed by atoms with Crippen molar-refractivity contribution in [3.63, 3.8) is 0 Å². The highest BCUT2D eigenvalue weighted by atomic mass is 15.3. The zero-order valence-electron chi connectivity index (χ0n) is 6.41. The summed E-state index contributed by atoms with van der Waals surface area (Å²) in [6.45, 7) is 1.96. The van der Waals surface area contributed by atoms with Crippen LogP contribution in [0.2, 0.25) is 0 Å². The minimum atomic E-state index is 0.941. The maximum atomic E-state index is 3.95. The molecule has 0 unspecified atom stereocenters. The van der Waals surface area contributed by atoms with Gasteiger partial charge in [0.2, 0.25) is 0 Å². The molecular formula is C7H12N3. The Bertz CT molecular complexity index is 167. The molecular weight excluding hydrogens is 126 g/mol. The van der Waals surface area contributed by atoms with Crippen LogP contribution in [-0.4, -0.2) is 35.3 Å². The molecule has 1 radical (unpaired) electrons. The van der Waals surface area contributed by atoms with Crippen LogP contribution in [0.4, 0.5) is 0 Å². The Labute approximate surface area is 61.3 Å². The average Bonchev–Trinajstić information content (AvgIpc) is 2.34. The van der Waals surface area contributed by atoms with E-state index in [1.54, 1.807) is 0 Å². The van der Waals surface area contributed by atoms with Gasteiger partial charge in [0.1, 0.15) is 6.20 Å².